The minimum Gasteiger partial charge on any atom is -0.390 e. The Morgan fingerprint density at radius 1 is 1.00 bits per heavy atom. The van der Waals surface area contributed by atoms with Crippen LogP contribution in [0.3, 0.4) is 0 Å². The van der Waals surface area contributed by atoms with Crippen molar-refractivity contribution >= 4 is 0 Å². The number of rotatable bonds is 2. The molecule has 0 aliphatic heterocycles. The van der Waals surface area contributed by atoms with E-state index in [1.54, 1.807) is 0 Å². The number of ether oxygens (including phenoxy) is 1. The maximum absolute atomic E-state index is 9.43. The lowest BCUT2D eigenvalue weighted by molar-refractivity contribution is -0.0887. The molecular weight excluding hydrogens is 140 g/mol. The second-order valence-corrected chi connectivity index (χ2v) is 3.73. The molecule has 0 spiro atoms. The van der Waals surface area contributed by atoms with E-state index in [9.17, 15) is 5.11 Å². The fraction of sp³-hybridized carbons (Fsp3) is 1.00. The largest absolute Gasteiger partial charge is 0.390 e. The number of aliphatic hydroxyl groups is 1. The van der Waals surface area contributed by atoms with Crippen LogP contribution in [0.2, 0.25) is 0 Å². The Balaban J connectivity index is 1.75. The molecule has 64 valence electrons. The Labute approximate surface area is 67.6 Å². The molecule has 2 nitrogen and oxygen atoms in total. The number of hydrogen-bond donors (Lipinski definition) is 1. The van der Waals surface area contributed by atoms with Gasteiger partial charge in [-0.05, 0) is 38.5 Å². The van der Waals surface area contributed by atoms with Crippen molar-refractivity contribution in [1.29, 1.82) is 0 Å². The van der Waals surface area contributed by atoms with Crippen molar-refractivity contribution in [1.82, 2.24) is 0 Å². The maximum Gasteiger partial charge on any atom is 0.0837 e. The van der Waals surface area contributed by atoms with Crippen LogP contribution in [-0.4, -0.2) is 23.4 Å². The van der Waals surface area contributed by atoms with E-state index in [0.29, 0.717) is 6.10 Å². The quantitative estimate of drug-likeness (QED) is 0.656. The molecular formula is C9H16O2. The van der Waals surface area contributed by atoms with Crippen molar-refractivity contribution in [2.45, 2.75) is 56.8 Å². The molecule has 0 aromatic heterocycles. The van der Waals surface area contributed by atoms with Crippen LogP contribution in [0.5, 0.6) is 0 Å². The Kier molecular flexibility index (Phi) is 2.14. The number of hydrogen-bond acceptors (Lipinski definition) is 2. The zero-order valence-electron chi connectivity index (χ0n) is 6.83. The summed E-state index contributed by atoms with van der Waals surface area (Å²) in [5, 5.41) is 9.43. The predicted molar refractivity (Wildman–Crippen MR) is 42.4 cm³/mol. The third kappa shape index (κ3) is 1.57. The van der Waals surface area contributed by atoms with Gasteiger partial charge in [-0.25, -0.2) is 0 Å². The van der Waals surface area contributed by atoms with E-state index >= 15 is 0 Å². The van der Waals surface area contributed by atoms with Crippen LogP contribution in [0.15, 0.2) is 0 Å². The zero-order valence-corrected chi connectivity index (χ0v) is 6.83. The van der Waals surface area contributed by atoms with Crippen LogP contribution in [-0.2, 0) is 4.74 Å². The lowest BCUT2D eigenvalue weighted by Crippen LogP contribution is -2.32. The molecule has 2 fully saturated rings. The number of aliphatic hydroxyl groups excluding tert-OH is 1. The summed E-state index contributed by atoms with van der Waals surface area (Å²) in [5.41, 5.74) is 0. The lowest BCUT2D eigenvalue weighted by atomic mass is 9.96. The van der Waals surface area contributed by atoms with Crippen molar-refractivity contribution in [2.24, 2.45) is 0 Å². The molecule has 0 aromatic rings. The van der Waals surface area contributed by atoms with Gasteiger partial charge >= 0.3 is 0 Å². The molecule has 2 rings (SSSR count). The topological polar surface area (TPSA) is 29.5 Å². The third-order valence-electron chi connectivity index (χ3n) is 2.84. The second-order valence-electron chi connectivity index (χ2n) is 3.73. The summed E-state index contributed by atoms with van der Waals surface area (Å²) in [7, 11) is 0. The van der Waals surface area contributed by atoms with Crippen molar-refractivity contribution < 1.29 is 9.84 Å². The molecule has 2 saturated carbocycles. The van der Waals surface area contributed by atoms with E-state index in [1.165, 1.54) is 19.3 Å². The monoisotopic (exact) mass is 156 g/mol. The highest BCUT2D eigenvalue weighted by Crippen LogP contribution is 2.29. The first-order chi connectivity index (χ1) is 5.36. The maximum atomic E-state index is 9.43. The first kappa shape index (κ1) is 7.56. The first-order valence-corrected chi connectivity index (χ1v) is 4.70. The summed E-state index contributed by atoms with van der Waals surface area (Å²) < 4.78 is 5.71. The molecule has 2 aliphatic rings. The van der Waals surface area contributed by atoms with Crippen molar-refractivity contribution in [3.63, 3.8) is 0 Å². The molecule has 11 heavy (non-hydrogen) atoms. The highest BCUT2D eigenvalue weighted by Gasteiger charge is 2.30. The summed E-state index contributed by atoms with van der Waals surface area (Å²) in [6, 6.07) is 0. The zero-order chi connectivity index (χ0) is 7.68. The first-order valence-electron chi connectivity index (χ1n) is 4.70. The van der Waals surface area contributed by atoms with Gasteiger partial charge < -0.3 is 9.84 Å². The Bertz CT molecular complexity index is 132. The van der Waals surface area contributed by atoms with E-state index in [-0.39, 0.29) is 12.2 Å². The van der Waals surface area contributed by atoms with Gasteiger partial charge in [-0.15, -0.1) is 0 Å². The Morgan fingerprint density at radius 3 is 2.18 bits per heavy atom. The fourth-order valence-electron chi connectivity index (χ4n) is 1.82. The predicted octanol–water partition coefficient (Wildman–Crippen LogP) is 1.47. The van der Waals surface area contributed by atoms with Crippen molar-refractivity contribution in [2.75, 3.05) is 0 Å². The van der Waals surface area contributed by atoms with Crippen LogP contribution < -0.4 is 0 Å². The van der Waals surface area contributed by atoms with Crippen LogP contribution in [0.4, 0.5) is 0 Å². The summed E-state index contributed by atoms with van der Waals surface area (Å²) in [6.45, 7) is 0. The summed E-state index contributed by atoms with van der Waals surface area (Å²) in [6.07, 6.45) is 7.36. The van der Waals surface area contributed by atoms with Crippen LogP contribution in [0.25, 0.3) is 0 Å². The van der Waals surface area contributed by atoms with Crippen molar-refractivity contribution in [3.8, 4) is 0 Å². The molecule has 0 amide bonds. The SMILES string of the molecule is OC1CCCC1OC1CCC1. The van der Waals surface area contributed by atoms with Crippen LogP contribution >= 0.6 is 0 Å². The van der Waals surface area contributed by atoms with E-state index in [1.807, 2.05) is 0 Å². The van der Waals surface area contributed by atoms with Gasteiger partial charge in [0.25, 0.3) is 0 Å². The van der Waals surface area contributed by atoms with Gasteiger partial charge in [0.05, 0.1) is 18.3 Å². The minimum atomic E-state index is -0.171. The van der Waals surface area contributed by atoms with E-state index in [0.717, 1.165) is 19.3 Å². The second kappa shape index (κ2) is 3.11. The van der Waals surface area contributed by atoms with Gasteiger partial charge in [-0.1, -0.05) is 0 Å². The molecule has 0 bridgehead atoms. The summed E-state index contributed by atoms with van der Waals surface area (Å²) in [5.74, 6) is 0. The molecule has 2 atom stereocenters. The standard InChI is InChI=1S/C9H16O2/c10-8-5-2-6-9(8)11-7-3-1-4-7/h7-10H,1-6H2. The van der Waals surface area contributed by atoms with Gasteiger partial charge in [0, 0.05) is 0 Å². The van der Waals surface area contributed by atoms with E-state index in [2.05, 4.69) is 0 Å². The molecule has 2 heteroatoms. The third-order valence-corrected chi connectivity index (χ3v) is 2.84. The van der Waals surface area contributed by atoms with Gasteiger partial charge in [0.1, 0.15) is 0 Å². The normalized spacial score (nSPS) is 39.0. The fourth-order valence-corrected chi connectivity index (χ4v) is 1.82. The van der Waals surface area contributed by atoms with Gasteiger partial charge in [0.2, 0.25) is 0 Å². The van der Waals surface area contributed by atoms with E-state index in [4.69, 9.17) is 4.74 Å². The highest BCUT2D eigenvalue weighted by molar-refractivity contribution is 4.80. The Hall–Kier alpha value is -0.0800. The minimum absolute atomic E-state index is 0.167. The van der Waals surface area contributed by atoms with Crippen LogP contribution in [0, 0.1) is 0 Å². The van der Waals surface area contributed by atoms with Crippen molar-refractivity contribution in [3.05, 3.63) is 0 Å². The highest BCUT2D eigenvalue weighted by atomic mass is 16.5. The molecule has 1 N–H and O–H groups in total. The smallest absolute Gasteiger partial charge is 0.0837 e. The molecule has 2 unspecified atom stereocenters. The summed E-state index contributed by atoms with van der Waals surface area (Å²) >= 11 is 0. The average molecular weight is 156 g/mol. The van der Waals surface area contributed by atoms with Gasteiger partial charge in [-0.2, -0.15) is 0 Å². The molecule has 0 saturated heterocycles. The summed E-state index contributed by atoms with van der Waals surface area (Å²) in [4.78, 5) is 0. The van der Waals surface area contributed by atoms with Gasteiger partial charge in [-0.3, -0.25) is 0 Å². The average Bonchev–Trinajstić information content (AvgIpc) is 2.27. The van der Waals surface area contributed by atoms with Crippen LogP contribution in [0.1, 0.15) is 38.5 Å². The molecule has 0 heterocycles. The van der Waals surface area contributed by atoms with Gasteiger partial charge in [0.15, 0.2) is 0 Å². The van der Waals surface area contributed by atoms with E-state index < -0.39 is 0 Å². The lowest BCUT2D eigenvalue weighted by Gasteiger charge is -2.30. The molecule has 0 aromatic carbocycles. The molecule has 0 radical (unpaired) electrons. The Morgan fingerprint density at radius 2 is 1.73 bits per heavy atom. The molecule has 2 aliphatic carbocycles.